The van der Waals surface area contributed by atoms with Gasteiger partial charge in [-0.25, -0.2) is 4.79 Å². The van der Waals surface area contributed by atoms with Crippen LogP contribution in [-0.2, 0) is 19.1 Å². The second-order valence-corrected chi connectivity index (χ2v) is 11.2. The summed E-state index contributed by atoms with van der Waals surface area (Å²) in [5.41, 5.74) is 0.0999. The van der Waals surface area contributed by atoms with Crippen LogP contribution in [0.5, 0.6) is 0 Å². The standard InChI is InChI=1S/C26H38O4/c1-7-17(2)20(27)30-21-23(3)13-9-19-24(4)11-8-12-25(5,22(28)29-6)18(24)10-14-26(19,21)16-15-23/h7,15-16,18-19,21H,8-14H2,1-6H3/b17-7+/t18-,19-,21-,23+,24+,25+,26+/m0/s1. The molecule has 0 radical (unpaired) electrons. The van der Waals surface area contributed by atoms with Crippen molar-refractivity contribution in [3.8, 4) is 0 Å². The smallest absolute Gasteiger partial charge is 0.333 e. The lowest BCUT2D eigenvalue weighted by Crippen LogP contribution is -2.63. The second kappa shape index (κ2) is 6.97. The third kappa shape index (κ3) is 2.71. The van der Waals surface area contributed by atoms with E-state index in [9.17, 15) is 9.59 Å². The third-order valence-electron chi connectivity index (χ3n) is 9.75. The van der Waals surface area contributed by atoms with Gasteiger partial charge in [0.1, 0.15) is 6.10 Å². The summed E-state index contributed by atoms with van der Waals surface area (Å²) in [4.78, 5) is 25.6. The molecular formula is C26H38O4. The normalized spacial score (nSPS) is 47.3. The molecule has 0 aliphatic heterocycles. The molecule has 3 fully saturated rings. The molecule has 0 N–H and O–H groups in total. The highest BCUT2D eigenvalue weighted by Crippen LogP contribution is 2.72. The van der Waals surface area contributed by atoms with Crippen molar-refractivity contribution >= 4 is 11.9 Å². The van der Waals surface area contributed by atoms with Gasteiger partial charge < -0.3 is 9.47 Å². The number of hydrogen-bond acceptors (Lipinski definition) is 4. The average molecular weight is 415 g/mol. The van der Waals surface area contributed by atoms with E-state index >= 15 is 0 Å². The fourth-order valence-electron chi connectivity index (χ4n) is 8.12. The number of carbonyl (C=O) groups is 2. The van der Waals surface area contributed by atoms with Gasteiger partial charge in [0.25, 0.3) is 0 Å². The number of rotatable bonds is 3. The van der Waals surface area contributed by atoms with Crippen LogP contribution in [0.4, 0.5) is 0 Å². The molecule has 4 aliphatic rings. The van der Waals surface area contributed by atoms with Gasteiger partial charge in [-0.3, -0.25) is 4.79 Å². The van der Waals surface area contributed by atoms with E-state index in [1.54, 1.807) is 0 Å². The SMILES string of the molecule is C/C=C(\C)C(=O)O[C@@H]1[C@]23C=C[C@@]1(C)CC[C@H]2[C@]1(C)CCC[C@@](C)(C(=O)OC)[C@H]1CC3. The number of hydrogen-bond donors (Lipinski definition) is 0. The number of fused-ring (bicyclic) bond motifs is 3. The van der Waals surface area contributed by atoms with E-state index in [0.717, 1.165) is 44.9 Å². The van der Waals surface area contributed by atoms with E-state index in [2.05, 4.69) is 32.9 Å². The number of methoxy groups -OCH3 is 1. The lowest BCUT2D eigenvalue weighted by Gasteiger charge is -2.65. The van der Waals surface area contributed by atoms with Crippen molar-refractivity contribution in [3.63, 3.8) is 0 Å². The lowest BCUT2D eigenvalue weighted by molar-refractivity contribution is -0.209. The van der Waals surface area contributed by atoms with Gasteiger partial charge in [0.2, 0.25) is 0 Å². The minimum absolute atomic E-state index is 0.0513. The van der Waals surface area contributed by atoms with Gasteiger partial charge in [0.05, 0.1) is 12.5 Å². The largest absolute Gasteiger partial charge is 0.469 e. The predicted octanol–water partition coefficient (Wildman–Crippen LogP) is 5.62. The molecule has 0 unspecified atom stereocenters. The predicted molar refractivity (Wildman–Crippen MR) is 117 cm³/mol. The molecule has 0 amide bonds. The monoisotopic (exact) mass is 414 g/mol. The molecule has 0 aromatic carbocycles. The molecule has 4 rings (SSSR count). The van der Waals surface area contributed by atoms with E-state index in [1.807, 2.05) is 19.9 Å². The van der Waals surface area contributed by atoms with Crippen molar-refractivity contribution in [3.05, 3.63) is 23.8 Å². The molecule has 7 atom stereocenters. The molecule has 0 saturated heterocycles. The molecular weight excluding hydrogens is 376 g/mol. The van der Waals surface area contributed by atoms with Gasteiger partial charge in [-0.05, 0) is 76.5 Å². The van der Waals surface area contributed by atoms with Crippen LogP contribution < -0.4 is 0 Å². The topological polar surface area (TPSA) is 52.6 Å². The Balaban J connectivity index is 1.73. The Hall–Kier alpha value is -1.58. The maximum atomic E-state index is 12.9. The van der Waals surface area contributed by atoms with Crippen LogP contribution in [-0.4, -0.2) is 25.2 Å². The van der Waals surface area contributed by atoms with E-state index in [4.69, 9.17) is 9.47 Å². The summed E-state index contributed by atoms with van der Waals surface area (Å²) in [6, 6.07) is 0. The summed E-state index contributed by atoms with van der Waals surface area (Å²) >= 11 is 0. The fourth-order valence-corrected chi connectivity index (χ4v) is 8.12. The molecule has 0 aromatic rings. The molecule has 30 heavy (non-hydrogen) atoms. The van der Waals surface area contributed by atoms with Crippen LogP contribution in [0, 0.1) is 33.5 Å². The highest BCUT2D eigenvalue weighted by Gasteiger charge is 2.69. The molecule has 1 spiro atoms. The van der Waals surface area contributed by atoms with Gasteiger partial charge in [0.15, 0.2) is 0 Å². The maximum Gasteiger partial charge on any atom is 0.333 e. The van der Waals surface area contributed by atoms with Gasteiger partial charge in [-0.1, -0.05) is 38.5 Å². The highest BCUT2D eigenvalue weighted by atomic mass is 16.5. The zero-order valence-corrected chi connectivity index (χ0v) is 19.5. The molecule has 4 heteroatoms. The van der Waals surface area contributed by atoms with Crippen LogP contribution in [0.25, 0.3) is 0 Å². The van der Waals surface area contributed by atoms with Crippen LogP contribution >= 0.6 is 0 Å². The van der Waals surface area contributed by atoms with Crippen LogP contribution in [0.2, 0.25) is 0 Å². The summed E-state index contributed by atoms with van der Waals surface area (Å²) in [7, 11) is 1.52. The Morgan fingerprint density at radius 2 is 1.70 bits per heavy atom. The number of esters is 2. The first-order valence-corrected chi connectivity index (χ1v) is 11.7. The first-order valence-electron chi connectivity index (χ1n) is 11.7. The Labute approximate surface area is 181 Å². The number of ether oxygens (including phenoxy) is 2. The van der Waals surface area contributed by atoms with Crippen molar-refractivity contribution in [1.82, 2.24) is 0 Å². The van der Waals surface area contributed by atoms with Crippen LogP contribution in [0.1, 0.15) is 79.6 Å². The Morgan fingerprint density at radius 1 is 1.00 bits per heavy atom. The third-order valence-corrected chi connectivity index (χ3v) is 9.75. The van der Waals surface area contributed by atoms with E-state index in [1.165, 1.54) is 7.11 Å². The fraction of sp³-hybridized carbons (Fsp3) is 0.769. The first kappa shape index (κ1) is 21.6. The van der Waals surface area contributed by atoms with Gasteiger partial charge >= 0.3 is 11.9 Å². The lowest BCUT2D eigenvalue weighted by atomic mass is 9.39. The minimum Gasteiger partial charge on any atom is -0.469 e. The zero-order chi connectivity index (χ0) is 21.9. The van der Waals surface area contributed by atoms with Crippen LogP contribution in [0.15, 0.2) is 23.8 Å². The number of carbonyl (C=O) groups excluding carboxylic acids is 2. The van der Waals surface area contributed by atoms with Gasteiger partial charge in [-0.2, -0.15) is 0 Å². The number of allylic oxidation sites excluding steroid dienone is 1. The molecule has 166 valence electrons. The van der Waals surface area contributed by atoms with Crippen molar-refractivity contribution in [2.24, 2.45) is 33.5 Å². The van der Waals surface area contributed by atoms with E-state index in [0.29, 0.717) is 17.4 Å². The van der Waals surface area contributed by atoms with Crippen LogP contribution in [0.3, 0.4) is 0 Å². The molecule has 2 bridgehead atoms. The van der Waals surface area contributed by atoms with E-state index in [-0.39, 0.29) is 34.3 Å². The molecule has 4 nitrogen and oxygen atoms in total. The van der Waals surface area contributed by atoms with Crippen molar-refractivity contribution in [2.75, 3.05) is 7.11 Å². The van der Waals surface area contributed by atoms with E-state index < -0.39 is 5.41 Å². The Bertz CT molecular complexity index is 812. The molecule has 3 saturated carbocycles. The molecule has 0 aromatic heterocycles. The maximum absolute atomic E-state index is 12.9. The summed E-state index contributed by atoms with van der Waals surface area (Å²) in [5, 5.41) is 0. The Morgan fingerprint density at radius 3 is 2.37 bits per heavy atom. The highest BCUT2D eigenvalue weighted by molar-refractivity contribution is 5.88. The molecule has 4 aliphatic carbocycles. The minimum atomic E-state index is -0.417. The summed E-state index contributed by atoms with van der Waals surface area (Å²) < 4.78 is 11.6. The second-order valence-electron chi connectivity index (χ2n) is 11.2. The quantitative estimate of drug-likeness (QED) is 0.342. The molecule has 0 heterocycles. The average Bonchev–Trinajstić information content (AvgIpc) is 2.87. The Kier molecular flexibility index (Phi) is 5.03. The zero-order valence-electron chi connectivity index (χ0n) is 19.5. The summed E-state index contributed by atoms with van der Waals surface area (Å²) in [6.07, 6.45) is 13.7. The van der Waals surface area contributed by atoms with Gasteiger partial charge in [-0.15, -0.1) is 0 Å². The van der Waals surface area contributed by atoms with Gasteiger partial charge in [0, 0.05) is 16.4 Å². The van der Waals surface area contributed by atoms with Crippen molar-refractivity contribution < 1.29 is 19.1 Å². The summed E-state index contributed by atoms with van der Waals surface area (Å²) in [5.74, 6) is 0.494. The van der Waals surface area contributed by atoms with Crippen molar-refractivity contribution in [2.45, 2.75) is 85.7 Å². The van der Waals surface area contributed by atoms with Crippen molar-refractivity contribution in [1.29, 1.82) is 0 Å². The summed E-state index contributed by atoms with van der Waals surface area (Å²) in [6.45, 7) is 10.5. The first-order chi connectivity index (χ1) is 14.1.